The Morgan fingerprint density at radius 1 is 1.19 bits per heavy atom. The number of aromatic amines is 1. The summed E-state index contributed by atoms with van der Waals surface area (Å²) in [6, 6.07) is 1.80. The molecule has 26 heavy (non-hydrogen) atoms. The van der Waals surface area contributed by atoms with Crippen LogP contribution >= 0.6 is 0 Å². The van der Waals surface area contributed by atoms with E-state index in [1.165, 1.54) is 12.6 Å². The van der Waals surface area contributed by atoms with Gasteiger partial charge < -0.3 is 14.6 Å². The summed E-state index contributed by atoms with van der Waals surface area (Å²) in [7, 11) is -1.76. The highest BCUT2D eigenvalue weighted by Gasteiger charge is 2.50. The predicted octanol–water partition coefficient (Wildman–Crippen LogP) is 0.522. The van der Waals surface area contributed by atoms with Crippen molar-refractivity contribution in [1.82, 2.24) is 24.2 Å². The summed E-state index contributed by atoms with van der Waals surface area (Å²) in [5, 5.41) is 0. The SMILES string of the molecule is COc1cc(N2CCC3(CC2)c2nc[nH]c2CCN3S(C)(=O)=O)ncn1. The molecule has 0 atom stereocenters. The molecule has 4 heterocycles. The van der Waals surface area contributed by atoms with Gasteiger partial charge in [0.25, 0.3) is 0 Å². The predicted molar refractivity (Wildman–Crippen MR) is 95.6 cm³/mol. The maximum Gasteiger partial charge on any atom is 0.218 e. The minimum Gasteiger partial charge on any atom is -0.481 e. The first-order chi connectivity index (χ1) is 12.4. The second-order valence-corrected chi connectivity index (χ2v) is 8.66. The van der Waals surface area contributed by atoms with Gasteiger partial charge >= 0.3 is 0 Å². The number of nitrogens with zero attached hydrogens (tertiary/aromatic N) is 5. The fourth-order valence-electron chi connectivity index (χ4n) is 4.15. The first kappa shape index (κ1) is 17.2. The first-order valence-electron chi connectivity index (χ1n) is 8.55. The van der Waals surface area contributed by atoms with E-state index >= 15 is 0 Å². The highest BCUT2D eigenvalue weighted by molar-refractivity contribution is 7.88. The van der Waals surface area contributed by atoms with Crippen molar-refractivity contribution in [2.24, 2.45) is 0 Å². The van der Waals surface area contributed by atoms with Crippen molar-refractivity contribution in [2.45, 2.75) is 24.8 Å². The third-order valence-electron chi connectivity index (χ3n) is 5.35. The van der Waals surface area contributed by atoms with Crippen molar-refractivity contribution < 1.29 is 13.2 Å². The first-order valence-corrected chi connectivity index (χ1v) is 10.4. The van der Waals surface area contributed by atoms with Crippen LogP contribution in [0, 0.1) is 0 Å². The minimum atomic E-state index is -3.33. The lowest BCUT2D eigenvalue weighted by Gasteiger charge is -2.49. The zero-order valence-corrected chi connectivity index (χ0v) is 15.7. The van der Waals surface area contributed by atoms with Crippen LogP contribution in [0.4, 0.5) is 5.82 Å². The Hall–Kier alpha value is -2.20. The lowest BCUT2D eigenvalue weighted by Crippen LogP contribution is -2.58. The second-order valence-electron chi connectivity index (χ2n) is 6.75. The zero-order valence-electron chi connectivity index (χ0n) is 14.8. The summed E-state index contributed by atoms with van der Waals surface area (Å²) < 4.78 is 31.7. The quantitative estimate of drug-likeness (QED) is 0.830. The summed E-state index contributed by atoms with van der Waals surface area (Å²) in [6.07, 6.45) is 6.41. The topological polar surface area (TPSA) is 104 Å². The number of aromatic nitrogens is 4. The van der Waals surface area contributed by atoms with Crippen molar-refractivity contribution >= 4 is 15.8 Å². The second kappa shape index (κ2) is 6.20. The van der Waals surface area contributed by atoms with Crippen LogP contribution in [0.15, 0.2) is 18.7 Å². The molecule has 2 aliphatic heterocycles. The molecule has 1 N–H and O–H groups in total. The van der Waals surface area contributed by atoms with Gasteiger partial charge in [-0.05, 0) is 12.8 Å². The van der Waals surface area contributed by atoms with E-state index in [-0.39, 0.29) is 0 Å². The van der Waals surface area contributed by atoms with Gasteiger partial charge in [0, 0.05) is 37.8 Å². The van der Waals surface area contributed by atoms with Crippen LogP contribution in [0.25, 0.3) is 0 Å². The molecule has 9 nitrogen and oxygen atoms in total. The lowest BCUT2D eigenvalue weighted by molar-refractivity contribution is 0.128. The fourth-order valence-corrected chi connectivity index (χ4v) is 5.47. The zero-order chi connectivity index (χ0) is 18.4. The molecule has 1 saturated heterocycles. The van der Waals surface area contributed by atoms with Crippen molar-refractivity contribution in [3.8, 4) is 5.88 Å². The van der Waals surface area contributed by atoms with Gasteiger partial charge in [-0.15, -0.1) is 0 Å². The standard InChI is InChI=1S/C16H22N6O3S/c1-25-14-9-13(18-11-19-14)21-7-4-16(5-8-21)15-12(17-10-20-15)3-6-22(16)26(2,23)24/h9-11H,3-8H2,1-2H3,(H,17,20). The largest absolute Gasteiger partial charge is 0.481 e. The van der Waals surface area contributed by atoms with Crippen molar-refractivity contribution in [1.29, 1.82) is 0 Å². The lowest BCUT2D eigenvalue weighted by atomic mass is 9.80. The number of fused-ring (bicyclic) bond motifs is 2. The molecule has 140 valence electrons. The molecule has 2 aromatic heterocycles. The molecular weight excluding hydrogens is 356 g/mol. The number of H-pyrrole nitrogens is 1. The number of ether oxygens (including phenoxy) is 1. The Balaban J connectivity index is 1.65. The average molecular weight is 378 g/mol. The maximum atomic E-state index is 12.5. The van der Waals surface area contributed by atoms with Gasteiger partial charge in [0.2, 0.25) is 15.9 Å². The summed E-state index contributed by atoms with van der Waals surface area (Å²) in [5.74, 6) is 1.30. The Bertz CT molecular complexity index is 904. The van der Waals surface area contributed by atoms with Crippen molar-refractivity contribution in [2.75, 3.05) is 37.9 Å². The Labute approximate surface area is 152 Å². The van der Waals surface area contributed by atoms with E-state index in [1.54, 1.807) is 23.8 Å². The monoisotopic (exact) mass is 378 g/mol. The molecule has 0 aliphatic carbocycles. The molecule has 1 fully saturated rings. The van der Waals surface area contributed by atoms with Crippen LogP contribution in [0.2, 0.25) is 0 Å². The number of imidazole rings is 1. The number of piperidine rings is 1. The number of sulfonamides is 1. The van der Waals surface area contributed by atoms with Gasteiger partial charge in [0.1, 0.15) is 12.1 Å². The molecule has 4 rings (SSSR count). The van der Waals surface area contributed by atoms with Crippen LogP contribution < -0.4 is 9.64 Å². The van der Waals surface area contributed by atoms with E-state index < -0.39 is 15.6 Å². The third-order valence-corrected chi connectivity index (χ3v) is 6.69. The van der Waals surface area contributed by atoms with Crippen LogP contribution in [-0.2, 0) is 22.0 Å². The van der Waals surface area contributed by atoms with Crippen molar-refractivity contribution in [3.05, 3.63) is 30.1 Å². The van der Waals surface area contributed by atoms with Crippen LogP contribution in [0.3, 0.4) is 0 Å². The summed E-state index contributed by atoms with van der Waals surface area (Å²) in [5.41, 5.74) is 1.32. The maximum absolute atomic E-state index is 12.5. The van der Waals surface area contributed by atoms with Gasteiger partial charge in [-0.1, -0.05) is 0 Å². The number of methoxy groups -OCH3 is 1. The number of hydrogen-bond acceptors (Lipinski definition) is 7. The minimum absolute atomic E-state index is 0.482. The number of anilines is 1. The van der Waals surface area contributed by atoms with E-state index in [4.69, 9.17) is 4.74 Å². The van der Waals surface area contributed by atoms with Crippen LogP contribution in [0.5, 0.6) is 5.88 Å². The highest BCUT2D eigenvalue weighted by Crippen LogP contribution is 2.44. The van der Waals surface area contributed by atoms with Gasteiger partial charge in [0.15, 0.2) is 0 Å². The molecule has 0 saturated carbocycles. The average Bonchev–Trinajstić information content (AvgIpc) is 3.12. The van der Waals surface area contributed by atoms with E-state index in [2.05, 4.69) is 24.8 Å². The molecule has 0 radical (unpaired) electrons. The Kier molecular flexibility index (Phi) is 4.11. The fraction of sp³-hybridized carbons (Fsp3) is 0.562. The number of rotatable bonds is 3. The third kappa shape index (κ3) is 2.73. The molecule has 0 aromatic carbocycles. The van der Waals surface area contributed by atoms with E-state index in [9.17, 15) is 8.42 Å². The molecule has 10 heteroatoms. The van der Waals surface area contributed by atoms with Gasteiger partial charge in [-0.2, -0.15) is 4.31 Å². The Morgan fingerprint density at radius 3 is 2.65 bits per heavy atom. The molecule has 1 spiro atoms. The summed E-state index contributed by atoms with van der Waals surface area (Å²) >= 11 is 0. The van der Waals surface area contributed by atoms with Gasteiger partial charge in [-0.3, -0.25) is 0 Å². The van der Waals surface area contributed by atoms with Crippen LogP contribution in [-0.4, -0.2) is 65.7 Å². The van der Waals surface area contributed by atoms with Crippen LogP contribution in [0.1, 0.15) is 24.2 Å². The number of nitrogens with one attached hydrogen (secondary N) is 1. The summed E-state index contributed by atoms with van der Waals surface area (Å²) in [4.78, 5) is 18.2. The molecule has 0 unspecified atom stereocenters. The molecule has 2 aliphatic rings. The smallest absolute Gasteiger partial charge is 0.218 e. The molecule has 0 amide bonds. The van der Waals surface area contributed by atoms with E-state index in [1.807, 2.05) is 0 Å². The highest BCUT2D eigenvalue weighted by atomic mass is 32.2. The van der Waals surface area contributed by atoms with E-state index in [0.717, 1.165) is 17.2 Å². The molecule has 2 aromatic rings. The molecular formula is C16H22N6O3S. The number of hydrogen-bond donors (Lipinski definition) is 1. The van der Waals surface area contributed by atoms with Crippen molar-refractivity contribution in [3.63, 3.8) is 0 Å². The summed E-state index contributed by atoms with van der Waals surface area (Å²) in [6.45, 7) is 1.84. The van der Waals surface area contributed by atoms with Gasteiger partial charge in [0.05, 0.1) is 30.9 Å². The van der Waals surface area contributed by atoms with Gasteiger partial charge in [-0.25, -0.2) is 23.4 Å². The molecule has 0 bridgehead atoms. The van der Waals surface area contributed by atoms with E-state index in [0.29, 0.717) is 44.8 Å². The normalized spacial score (nSPS) is 20.2. The Morgan fingerprint density at radius 2 is 1.96 bits per heavy atom.